The van der Waals surface area contributed by atoms with Crippen LogP contribution in [-0.4, -0.2) is 15.8 Å². The number of hydrogen-bond acceptors (Lipinski definition) is 3. The molecule has 0 saturated heterocycles. The standard InChI is InChI=1S/C16H22FN3O/c1-4-20-10-15(9-19-20)21-11-14-7-13(5-6-16(14)17)8-18-12(2)3/h5-7,9-10,12,18H,4,8,11H2,1-3H3. The predicted octanol–water partition coefficient (Wildman–Crippen LogP) is 3.12. The number of hydrogen-bond donors (Lipinski definition) is 1. The number of nitrogens with zero attached hydrogens (tertiary/aromatic N) is 2. The SMILES string of the molecule is CCn1cc(OCc2cc(CNC(C)C)ccc2F)cn1. The van der Waals surface area contributed by atoms with E-state index in [1.54, 1.807) is 16.9 Å². The number of benzene rings is 1. The van der Waals surface area contributed by atoms with Crippen molar-refractivity contribution in [1.82, 2.24) is 15.1 Å². The van der Waals surface area contributed by atoms with Gasteiger partial charge in [-0.2, -0.15) is 5.10 Å². The van der Waals surface area contributed by atoms with Crippen LogP contribution in [0.15, 0.2) is 30.6 Å². The second kappa shape index (κ2) is 7.22. The second-order valence-corrected chi connectivity index (χ2v) is 5.28. The van der Waals surface area contributed by atoms with E-state index >= 15 is 0 Å². The van der Waals surface area contributed by atoms with Crippen molar-refractivity contribution in [2.75, 3.05) is 0 Å². The van der Waals surface area contributed by atoms with E-state index < -0.39 is 0 Å². The van der Waals surface area contributed by atoms with Crippen molar-refractivity contribution in [1.29, 1.82) is 0 Å². The Kier molecular flexibility index (Phi) is 5.33. The molecule has 4 nitrogen and oxygen atoms in total. The highest BCUT2D eigenvalue weighted by Gasteiger charge is 2.06. The number of aryl methyl sites for hydroxylation is 1. The Morgan fingerprint density at radius 3 is 2.86 bits per heavy atom. The molecule has 0 radical (unpaired) electrons. The molecule has 2 aromatic rings. The number of nitrogens with one attached hydrogen (secondary N) is 1. The Balaban J connectivity index is 1.99. The molecule has 21 heavy (non-hydrogen) atoms. The van der Waals surface area contributed by atoms with Gasteiger partial charge in [-0.05, 0) is 24.6 Å². The molecule has 0 aliphatic heterocycles. The summed E-state index contributed by atoms with van der Waals surface area (Å²) in [7, 11) is 0. The lowest BCUT2D eigenvalue weighted by Crippen LogP contribution is -2.21. The summed E-state index contributed by atoms with van der Waals surface area (Å²) in [5, 5.41) is 7.44. The average molecular weight is 291 g/mol. The normalized spacial score (nSPS) is 11.1. The quantitative estimate of drug-likeness (QED) is 0.852. The lowest BCUT2D eigenvalue weighted by atomic mass is 10.1. The van der Waals surface area contributed by atoms with Gasteiger partial charge >= 0.3 is 0 Å². The van der Waals surface area contributed by atoms with Crippen molar-refractivity contribution >= 4 is 0 Å². The largest absolute Gasteiger partial charge is 0.486 e. The van der Waals surface area contributed by atoms with Crippen LogP contribution in [0.3, 0.4) is 0 Å². The van der Waals surface area contributed by atoms with Crippen LogP contribution in [0.5, 0.6) is 5.75 Å². The first-order valence-corrected chi connectivity index (χ1v) is 7.24. The number of aromatic nitrogens is 2. The summed E-state index contributed by atoms with van der Waals surface area (Å²) in [5.41, 5.74) is 1.61. The summed E-state index contributed by atoms with van der Waals surface area (Å²) in [5.74, 6) is 0.410. The second-order valence-electron chi connectivity index (χ2n) is 5.28. The Morgan fingerprint density at radius 1 is 1.38 bits per heavy atom. The fraction of sp³-hybridized carbons (Fsp3) is 0.438. The zero-order valence-corrected chi connectivity index (χ0v) is 12.8. The van der Waals surface area contributed by atoms with E-state index in [4.69, 9.17) is 4.74 Å². The molecule has 0 amide bonds. The molecule has 0 unspecified atom stereocenters. The van der Waals surface area contributed by atoms with Crippen molar-refractivity contribution in [2.45, 2.75) is 46.5 Å². The summed E-state index contributed by atoms with van der Waals surface area (Å²) < 4.78 is 21.2. The van der Waals surface area contributed by atoms with Crippen LogP contribution in [-0.2, 0) is 19.7 Å². The third-order valence-electron chi connectivity index (χ3n) is 3.15. The smallest absolute Gasteiger partial charge is 0.157 e. The lowest BCUT2D eigenvalue weighted by Gasteiger charge is -2.10. The van der Waals surface area contributed by atoms with Gasteiger partial charge in [0.2, 0.25) is 0 Å². The van der Waals surface area contributed by atoms with Gasteiger partial charge in [0, 0.05) is 24.7 Å². The van der Waals surface area contributed by atoms with E-state index in [-0.39, 0.29) is 12.4 Å². The Morgan fingerprint density at radius 2 is 2.19 bits per heavy atom. The van der Waals surface area contributed by atoms with Crippen LogP contribution in [0.2, 0.25) is 0 Å². The Labute approximate surface area is 124 Å². The van der Waals surface area contributed by atoms with Crippen molar-refractivity contribution in [2.24, 2.45) is 0 Å². The van der Waals surface area contributed by atoms with E-state index in [0.717, 1.165) is 18.7 Å². The summed E-state index contributed by atoms with van der Waals surface area (Å²) >= 11 is 0. The molecule has 1 heterocycles. The molecule has 5 heteroatoms. The molecule has 114 valence electrons. The highest BCUT2D eigenvalue weighted by atomic mass is 19.1. The first-order chi connectivity index (χ1) is 10.1. The van der Waals surface area contributed by atoms with E-state index in [1.807, 2.05) is 19.2 Å². The van der Waals surface area contributed by atoms with Gasteiger partial charge in [0.25, 0.3) is 0 Å². The minimum Gasteiger partial charge on any atom is -0.486 e. The molecule has 1 aromatic carbocycles. The minimum absolute atomic E-state index is 0.205. The molecule has 0 bridgehead atoms. The van der Waals surface area contributed by atoms with Gasteiger partial charge in [-0.15, -0.1) is 0 Å². The van der Waals surface area contributed by atoms with Gasteiger partial charge in [0.1, 0.15) is 12.4 Å². The third kappa shape index (κ3) is 4.56. The minimum atomic E-state index is -0.244. The number of halogens is 1. The topological polar surface area (TPSA) is 39.1 Å². The van der Waals surface area contributed by atoms with E-state index in [9.17, 15) is 4.39 Å². The molecule has 1 N–H and O–H groups in total. The summed E-state index contributed by atoms with van der Waals surface area (Å²) in [4.78, 5) is 0. The predicted molar refractivity (Wildman–Crippen MR) is 80.6 cm³/mol. The summed E-state index contributed by atoms with van der Waals surface area (Å²) in [6, 6.07) is 5.53. The van der Waals surface area contributed by atoms with Crippen molar-refractivity contribution in [3.63, 3.8) is 0 Å². The Hall–Kier alpha value is -1.88. The van der Waals surface area contributed by atoms with Crippen molar-refractivity contribution in [3.05, 3.63) is 47.5 Å². The molecular formula is C16H22FN3O. The van der Waals surface area contributed by atoms with Gasteiger partial charge < -0.3 is 10.1 Å². The highest BCUT2D eigenvalue weighted by Crippen LogP contribution is 2.15. The lowest BCUT2D eigenvalue weighted by molar-refractivity contribution is 0.299. The molecule has 0 saturated carbocycles. The van der Waals surface area contributed by atoms with Crippen LogP contribution in [0.4, 0.5) is 4.39 Å². The third-order valence-corrected chi connectivity index (χ3v) is 3.15. The van der Waals surface area contributed by atoms with E-state index in [0.29, 0.717) is 17.4 Å². The molecule has 0 fully saturated rings. The zero-order chi connectivity index (χ0) is 15.2. The monoisotopic (exact) mass is 291 g/mol. The Bertz CT molecular complexity index is 581. The fourth-order valence-corrected chi connectivity index (χ4v) is 1.92. The van der Waals surface area contributed by atoms with Gasteiger partial charge in [0.05, 0.1) is 12.4 Å². The average Bonchev–Trinajstić information content (AvgIpc) is 2.93. The van der Waals surface area contributed by atoms with Gasteiger partial charge in [-0.1, -0.05) is 19.9 Å². The number of rotatable bonds is 7. The van der Waals surface area contributed by atoms with Crippen LogP contribution >= 0.6 is 0 Å². The maximum Gasteiger partial charge on any atom is 0.157 e. The van der Waals surface area contributed by atoms with Gasteiger partial charge in [0.15, 0.2) is 5.75 Å². The van der Waals surface area contributed by atoms with E-state index in [2.05, 4.69) is 24.3 Å². The van der Waals surface area contributed by atoms with E-state index in [1.165, 1.54) is 6.07 Å². The number of ether oxygens (including phenoxy) is 1. The van der Waals surface area contributed by atoms with Crippen LogP contribution in [0.1, 0.15) is 31.9 Å². The van der Waals surface area contributed by atoms with Crippen LogP contribution < -0.4 is 10.1 Å². The fourth-order valence-electron chi connectivity index (χ4n) is 1.92. The summed E-state index contributed by atoms with van der Waals surface area (Å²) in [6.07, 6.45) is 3.45. The molecule has 0 atom stereocenters. The molecule has 0 aliphatic rings. The van der Waals surface area contributed by atoms with Crippen LogP contribution in [0.25, 0.3) is 0 Å². The van der Waals surface area contributed by atoms with Gasteiger partial charge in [-0.25, -0.2) is 4.39 Å². The molecule has 0 spiro atoms. The highest BCUT2D eigenvalue weighted by molar-refractivity contribution is 5.25. The molecule has 1 aromatic heterocycles. The van der Waals surface area contributed by atoms with Crippen molar-refractivity contribution < 1.29 is 9.13 Å². The van der Waals surface area contributed by atoms with Crippen LogP contribution in [0, 0.1) is 5.82 Å². The molecular weight excluding hydrogens is 269 g/mol. The zero-order valence-electron chi connectivity index (χ0n) is 12.8. The molecule has 2 rings (SSSR count). The maximum absolute atomic E-state index is 13.8. The van der Waals surface area contributed by atoms with Crippen molar-refractivity contribution in [3.8, 4) is 5.75 Å². The summed E-state index contributed by atoms with van der Waals surface area (Å²) in [6.45, 7) is 7.88. The maximum atomic E-state index is 13.8. The molecule has 0 aliphatic carbocycles. The first kappa shape index (κ1) is 15.5. The van der Waals surface area contributed by atoms with Gasteiger partial charge in [-0.3, -0.25) is 4.68 Å². The first-order valence-electron chi connectivity index (χ1n) is 7.24.